The van der Waals surface area contributed by atoms with Crippen LogP contribution in [-0.2, 0) is 0 Å². The highest BCUT2D eigenvalue weighted by Crippen LogP contribution is 1.42. The summed E-state index contributed by atoms with van der Waals surface area (Å²) in [5.74, 6) is 0. The quantitative estimate of drug-likeness (QED) is 0.413. The van der Waals surface area contributed by atoms with Gasteiger partial charge in [0.15, 0.2) is 0 Å². The molecule has 0 fully saturated rings. The molecule has 0 heterocycles. The number of carbonyl (C=O) groups is 1. The molecule has 0 rings (SSSR count). The number of carboxylic acid groups (broad SMARTS) is 2. The zero-order chi connectivity index (χ0) is 3.58. The van der Waals surface area contributed by atoms with Crippen molar-refractivity contribution in [2.24, 2.45) is 0 Å². The lowest BCUT2D eigenvalue weighted by Crippen LogP contribution is -1.81. The van der Waals surface area contributed by atoms with Gasteiger partial charge in [0.05, 0.1) is 0 Å². The maximum absolute atomic E-state index is 8.56. The molecule has 0 aliphatic carbocycles. The van der Waals surface area contributed by atoms with Crippen LogP contribution in [0.4, 0.5) is 9.50 Å². The van der Waals surface area contributed by atoms with E-state index in [1.807, 2.05) is 0 Å². The van der Waals surface area contributed by atoms with Crippen LogP contribution in [0.15, 0.2) is 0 Å². The van der Waals surface area contributed by atoms with E-state index >= 15 is 0 Å². The molecule has 0 saturated carbocycles. The molecule has 0 unspecified atom stereocenters. The zero-order valence-electron chi connectivity index (χ0n) is 2.92. The van der Waals surface area contributed by atoms with Crippen molar-refractivity contribution >= 4 is 6.16 Å². The minimum Gasteiger partial charge on any atom is -0.450 e. The Bertz CT molecular complexity index is 33.8. The largest absolute Gasteiger partial charge is 0.503 e. The Kier molecular flexibility index (Phi) is 28.4. The van der Waals surface area contributed by atoms with Crippen molar-refractivity contribution in [1.29, 1.82) is 0 Å². The van der Waals surface area contributed by atoms with Gasteiger partial charge in [-0.1, -0.05) is 0 Å². The molecule has 5 heteroatoms. The lowest BCUT2D eigenvalue weighted by molar-refractivity contribution is 0.137. The van der Waals surface area contributed by atoms with Gasteiger partial charge in [-0.3, -0.25) is 4.70 Å². The first-order chi connectivity index (χ1) is 1.73. The number of rotatable bonds is 0. The third kappa shape index (κ3) is 20.9. The fourth-order valence-corrected chi connectivity index (χ4v) is 0. The number of hydrogen-bond acceptors (Lipinski definition) is 2. The summed E-state index contributed by atoms with van der Waals surface area (Å²) in [5.41, 5.74) is 0. The molecule has 40 valence electrons. The second-order valence-electron chi connectivity index (χ2n) is 0.283. The summed E-state index contributed by atoms with van der Waals surface area (Å²) in [5, 5.41) is 13.9. The van der Waals surface area contributed by atoms with Crippen LogP contribution in [0.1, 0.15) is 0 Å². The standard InChI is InChI=1S/CH2O3.FH.H3N/c2-1(3)4;;/h(H2,2,3,4);1H;1H3. The number of hydrogen-bond donors (Lipinski definition) is 3. The van der Waals surface area contributed by atoms with Crippen LogP contribution in [0, 0.1) is 0 Å². The molecule has 0 aromatic carbocycles. The van der Waals surface area contributed by atoms with Crippen molar-refractivity contribution in [3.63, 3.8) is 0 Å². The van der Waals surface area contributed by atoms with E-state index in [0.29, 0.717) is 0 Å². The van der Waals surface area contributed by atoms with Gasteiger partial charge in [0.25, 0.3) is 0 Å². The predicted octanol–water partition coefficient (Wildman–Crippen LogP) is 0.537. The summed E-state index contributed by atoms with van der Waals surface area (Å²) in [4.78, 5) is 8.56. The van der Waals surface area contributed by atoms with Crippen molar-refractivity contribution in [3.05, 3.63) is 0 Å². The molecule has 0 bridgehead atoms. The van der Waals surface area contributed by atoms with Gasteiger partial charge in [-0.15, -0.1) is 0 Å². The maximum atomic E-state index is 8.56. The van der Waals surface area contributed by atoms with Crippen LogP contribution in [0.2, 0.25) is 0 Å². The fourth-order valence-electron chi connectivity index (χ4n) is 0. The first-order valence-electron chi connectivity index (χ1n) is 0.651. The molecule has 0 aliphatic rings. The average molecular weight is 99.1 g/mol. The van der Waals surface area contributed by atoms with Crippen LogP contribution in [0.3, 0.4) is 0 Å². The van der Waals surface area contributed by atoms with Gasteiger partial charge in [-0.05, 0) is 0 Å². The Hall–Kier alpha value is -0.840. The third-order valence-corrected chi connectivity index (χ3v) is 0. The minimum atomic E-state index is -1.83. The average Bonchev–Trinajstić information content (AvgIpc) is 0.811. The number of halogens is 1. The molecular weight excluding hydrogens is 93.0 g/mol. The van der Waals surface area contributed by atoms with E-state index in [-0.39, 0.29) is 10.9 Å². The van der Waals surface area contributed by atoms with Gasteiger partial charge in [0, 0.05) is 0 Å². The second kappa shape index (κ2) is 8.90. The van der Waals surface area contributed by atoms with Crippen molar-refractivity contribution in [1.82, 2.24) is 6.15 Å². The molecule has 0 saturated heterocycles. The van der Waals surface area contributed by atoms with E-state index in [9.17, 15) is 0 Å². The van der Waals surface area contributed by atoms with Gasteiger partial charge >= 0.3 is 6.16 Å². The van der Waals surface area contributed by atoms with E-state index in [2.05, 4.69) is 0 Å². The maximum Gasteiger partial charge on any atom is 0.503 e. The Labute approximate surface area is 33.4 Å². The van der Waals surface area contributed by atoms with Gasteiger partial charge < -0.3 is 16.4 Å². The topological polar surface area (TPSA) is 92.5 Å². The van der Waals surface area contributed by atoms with Gasteiger partial charge in [0.1, 0.15) is 0 Å². The Morgan fingerprint density at radius 1 is 1.33 bits per heavy atom. The normalized spacial score (nSPS) is 4.00. The molecule has 0 aromatic rings. The van der Waals surface area contributed by atoms with Crippen molar-refractivity contribution < 1.29 is 19.7 Å². The summed E-state index contributed by atoms with van der Waals surface area (Å²) in [6.07, 6.45) is -1.83. The van der Waals surface area contributed by atoms with E-state index in [1.54, 1.807) is 0 Å². The molecule has 0 atom stereocenters. The summed E-state index contributed by atoms with van der Waals surface area (Å²) in [6.45, 7) is 0. The first kappa shape index (κ1) is 19.1. The monoisotopic (exact) mass is 99.0 g/mol. The molecule has 0 aromatic heterocycles. The summed E-state index contributed by atoms with van der Waals surface area (Å²) in [7, 11) is 0. The SMILES string of the molecule is F.N.O=C(O)O. The van der Waals surface area contributed by atoms with Gasteiger partial charge in [-0.25, -0.2) is 4.79 Å². The van der Waals surface area contributed by atoms with Gasteiger partial charge in [0.2, 0.25) is 0 Å². The summed E-state index contributed by atoms with van der Waals surface area (Å²) < 4.78 is 0. The highest BCUT2D eigenvalue weighted by Gasteiger charge is 1.70. The Balaban J connectivity index is -0.0000000450. The summed E-state index contributed by atoms with van der Waals surface area (Å²) >= 11 is 0. The molecule has 5 N–H and O–H groups in total. The smallest absolute Gasteiger partial charge is 0.450 e. The van der Waals surface area contributed by atoms with E-state index in [1.165, 1.54) is 0 Å². The fraction of sp³-hybridized carbons (Fsp3) is 0. The van der Waals surface area contributed by atoms with Crippen LogP contribution < -0.4 is 6.15 Å². The molecular formula is CH6FNO3. The van der Waals surface area contributed by atoms with Crippen LogP contribution in [-0.4, -0.2) is 16.4 Å². The first-order valence-corrected chi connectivity index (χ1v) is 0.651. The van der Waals surface area contributed by atoms with Crippen LogP contribution in [0.25, 0.3) is 0 Å². The zero-order valence-corrected chi connectivity index (χ0v) is 2.92. The molecule has 6 heavy (non-hydrogen) atoms. The Morgan fingerprint density at radius 2 is 1.33 bits per heavy atom. The van der Waals surface area contributed by atoms with Crippen LogP contribution >= 0.6 is 0 Å². The van der Waals surface area contributed by atoms with Crippen molar-refractivity contribution in [3.8, 4) is 0 Å². The molecule has 0 aliphatic heterocycles. The lowest BCUT2D eigenvalue weighted by Gasteiger charge is -1.60. The van der Waals surface area contributed by atoms with Crippen molar-refractivity contribution in [2.75, 3.05) is 0 Å². The summed E-state index contributed by atoms with van der Waals surface area (Å²) in [6, 6.07) is 0. The molecule has 0 amide bonds. The molecule has 0 spiro atoms. The lowest BCUT2D eigenvalue weighted by atomic mass is 11.5. The minimum absolute atomic E-state index is 0. The van der Waals surface area contributed by atoms with Crippen LogP contribution in [0.5, 0.6) is 0 Å². The van der Waals surface area contributed by atoms with E-state index < -0.39 is 6.16 Å². The van der Waals surface area contributed by atoms with Gasteiger partial charge in [-0.2, -0.15) is 0 Å². The van der Waals surface area contributed by atoms with E-state index in [0.717, 1.165) is 0 Å². The highest BCUT2D eigenvalue weighted by molar-refractivity contribution is 5.53. The van der Waals surface area contributed by atoms with Crippen molar-refractivity contribution in [2.45, 2.75) is 0 Å². The second-order valence-corrected chi connectivity index (χ2v) is 0.283. The molecule has 4 nitrogen and oxygen atoms in total. The highest BCUT2D eigenvalue weighted by atomic mass is 19.0. The van der Waals surface area contributed by atoms with E-state index in [4.69, 9.17) is 15.0 Å². The molecule has 0 radical (unpaired) electrons. The third-order valence-electron chi connectivity index (χ3n) is 0. The predicted molar refractivity (Wildman–Crippen MR) is 18.2 cm³/mol. The Morgan fingerprint density at radius 3 is 1.33 bits per heavy atom.